The van der Waals surface area contributed by atoms with Crippen LogP contribution in [0.2, 0.25) is 25.1 Å². The van der Waals surface area contributed by atoms with Crippen LogP contribution in [0.3, 0.4) is 0 Å². The molecule has 8 heteroatoms. The van der Waals surface area contributed by atoms with Crippen LogP contribution in [0.15, 0.2) is 12.3 Å². The fraction of sp³-hybridized carbons (Fsp3) is 0. The third-order valence-corrected chi connectivity index (χ3v) is 5.12. The third-order valence-electron chi connectivity index (χ3n) is 2.25. The fourth-order valence-corrected chi connectivity index (χ4v) is 3.14. The molecule has 100 valence electrons. The molecule has 1 heterocycles. The summed E-state index contributed by atoms with van der Waals surface area (Å²) < 4.78 is 14.6. The Kier molecular flexibility index (Phi) is 5.07. The Bertz CT molecular complexity index is 648. The van der Waals surface area contributed by atoms with E-state index in [2.05, 4.69) is 4.98 Å². The molecule has 0 aliphatic carbocycles. The zero-order valence-electron chi connectivity index (χ0n) is 8.75. The average molecular weight is 471 g/mol. The van der Waals surface area contributed by atoms with E-state index in [4.69, 9.17) is 58.0 Å². The van der Waals surface area contributed by atoms with Crippen molar-refractivity contribution in [1.82, 2.24) is 4.98 Å². The molecule has 1 aromatic heterocycles. The molecule has 19 heavy (non-hydrogen) atoms. The standard InChI is InChI=1S/C11H2Cl5FIN/c12-6-5(7(13)9(15)10(16)8(6)14)11-4(17)1-3(18)2-19-11/h1-2H. The summed E-state index contributed by atoms with van der Waals surface area (Å²) >= 11 is 31.8. The second-order valence-electron chi connectivity index (χ2n) is 3.43. The lowest BCUT2D eigenvalue weighted by Crippen LogP contribution is -1.94. The quantitative estimate of drug-likeness (QED) is 0.255. The van der Waals surface area contributed by atoms with E-state index in [-0.39, 0.29) is 36.4 Å². The Balaban J connectivity index is 2.83. The van der Waals surface area contributed by atoms with Gasteiger partial charge in [-0.05, 0) is 28.7 Å². The highest BCUT2D eigenvalue weighted by Crippen LogP contribution is 2.48. The molecule has 0 radical (unpaired) electrons. The van der Waals surface area contributed by atoms with Crippen molar-refractivity contribution in [2.24, 2.45) is 0 Å². The minimum atomic E-state index is -0.579. The number of hydrogen-bond donors (Lipinski definition) is 0. The van der Waals surface area contributed by atoms with Crippen molar-refractivity contribution in [2.75, 3.05) is 0 Å². The number of rotatable bonds is 1. The van der Waals surface area contributed by atoms with Gasteiger partial charge < -0.3 is 0 Å². The second-order valence-corrected chi connectivity index (χ2v) is 6.56. The van der Waals surface area contributed by atoms with E-state index in [1.807, 2.05) is 22.6 Å². The van der Waals surface area contributed by atoms with Gasteiger partial charge in [-0.25, -0.2) is 4.39 Å². The maximum atomic E-state index is 14.0. The molecule has 0 spiro atoms. The van der Waals surface area contributed by atoms with Crippen molar-refractivity contribution >= 4 is 80.6 Å². The zero-order chi connectivity index (χ0) is 14.3. The maximum Gasteiger partial charge on any atom is 0.150 e. The lowest BCUT2D eigenvalue weighted by atomic mass is 10.1. The van der Waals surface area contributed by atoms with Crippen LogP contribution in [0.4, 0.5) is 4.39 Å². The van der Waals surface area contributed by atoms with Crippen molar-refractivity contribution in [3.8, 4) is 11.3 Å². The molecule has 2 rings (SSSR count). The number of halogens is 7. The maximum absolute atomic E-state index is 14.0. The molecule has 2 aromatic rings. The van der Waals surface area contributed by atoms with Crippen LogP contribution in [0.1, 0.15) is 0 Å². The van der Waals surface area contributed by atoms with Crippen molar-refractivity contribution < 1.29 is 4.39 Å². The smallest absolute Gasteiger partial charge is 0.150 e. The van der Waals surface area contributed by atoms with Crippen LogP contribution in [0, 0.1) is 9.39 Å². The van der Waals surface area contributed by atoms with Gasteiger partial charge in [-0.15, -0.1) is 0 Å². The molecule has 0 atom stereocenters. The monoisotopic (exact) mass is 469 g/mol. The van der Waals surface area contributed by atoms with E-state index in [0.29, 0.717) is 3.57 Å². The predicted molar refractivity (Wildman–Crippen MR) is 87.4 cm³/mol. The van der Waals surface area contributed by atoms with Crippen LogP contribution in [0.25, 0.3) is 11.3 Å². The van der Waals surface area contributed by atoms with E-state index in [9.17, 15) is 4.39 Å². The van der Waals surface area contributed by atoms with Gasteiger partial charge in [0.1, 0.15) is 5.69 Å². The first-order valence-electron chi connectivity index (χ1n) is 4.67. The van der Waals surface area contributed by atoms with Crippen molar-refractivity contribution in [3.05, 3.63) is 46.8 Å². The summed E-state index contributed by atoms with van der Waals surface area (Å²) in [5.74, 6) is -0.579. The van der Waals surface area contributed by atoms with Gasteiger partial charge in [0.05, 0.1) is 25.1 Å². The summed E-state index contributed by atoms with van der Waals surface area (Å²) in [4.78, 5) is 3.97. The van der Waals surface area contributed by atoms with Gasteiger partial charge in [0.25, 0.3) is 0 Å². The molecule has 1 aromatic carbocycles. The molecule has 0 amide bonds. The Hall–Kier alpha value is 0.480. The van der Waals surface area contributed by atoms with Crippen molar-refractivity contribution in [1.29, 1.82) is 0 Å². The van der Waals surface area contributed by atoms with E-state index < -0.39 is 5.82 Å². The highest BCUT2D eigenvalue weighted by Gasteiger charge is 2.23. The minimum absolute atomic E-state index is 0.00693. The molecule has 0 N–H and O–H groups in total. The number of nitrogens with zero attached hydrogens (tertiary/aromatic N) is 1. The topological polar surface area (TPSA) is 12.9 Å². The normalized spacial score (nSPS) is 10.9. The van der Waals surface area contributed by atoms with Gasteiger partial charge in [0.15, 0.2) is 5.82 Å². The van der Waals surface area contributed by atoms with E-state index in [1.165, 1.54) is 12.3 Å². The summed E-state index contributed by atoms with van der Waals surface area (Å²) in [5, 5.41) is 0.0512. The first kappa shape index (κ1) is 15.9. The van der Waals surface area contributed by atoms with Gasteiger partial charge in [-0.1, -0.05) is 58.0 Å². The third kappa shape index (κ3) is 2.92. The molecule has 0 bridgehead atoms. The highest BCUT2D eigenvalue weighted by atomic mass is 127. The Morgan fingerprint density at radius 3 is 1.84 bits per heavy atom. The largest absolute Gasteiger partial charge is 0.252 e. The minimum Gasteiger partial charge on any atom is -0.252 e. The summed E-state index contributed by atoms with van der Waals surface area (Å²) in [7, 11) is 0. The van der Waals surface area contributed by atoms with E-state index in [1.54, 1.807) is 0 Å². The highest BCUT2D eigenvalue weighted by molar-refractivity contribution is 14.1. The van der Waals surface area contributed by atoms with Gasteiger partial charge in [0.2, 0.25) is 0 Å². The van der Waals surface area contributed by atoms with E-state index >= 15 is 0 Å². The Labute approximate surface area is 147 Å². The van der Waals surface area contributed by atoms with Crippen LogP contribution in [-0.2, 0) is 0 Å². The number of benzene rings is 1. The van der Waals surface area contributed by atoms with Crippen molar-refractivity contribution in [3.63, 3.8) is 0 Å². The van der Waals surface area contributed by atoms with E-state index in [0.717, 1.165) is 0 Å². The van der Waals surface area contributed by atoms with Crippen LogP contribution in [0.5, 0.6) is 0 Å². The fourth-order valence-electron chi connectivity index (χ4n) is 1.41. The summed E-state index contributed by atoms with van der Waals surface area (Å²) in [6.07, 6.45) is 1.47. The summed E-state index contributed by atoms with van der Waals surface area (Å²) in [6, 6.07) is 1.30. The second kappa shape index (κ2) is 6.08. The summed E-state index contributed by atoms with van der Waals surface area (Å²) in [5.41, 5.74) is 0.0903. The lowest BCUT2D eigenvalue weighted by Gasteiger charge is -2.12. The summed E-state index contributed by atoms with van der Waals surface area (Å²) in [6.45, 7) is 0. The molecule has 0 aliphatic heterocycles. The molecule has 0 saturated heterocycles. The predicted octanol–water partition coefficient (Wildman–Crippen LogP) is 6.76. The first-order chi connectivity index (χ1) is 8.84. The number of aromatic nitrogens is 1. The Morgan fingerprint density at radius 2 is 1.37 bits per heavy atom. The lowest BCUT2D eigenvalue weighted by molar-refractivity contribution is 0.624. The number of pyridine rings is 1. The molecular weight excluding hydrogens is 469 g/mol. The molecule has 0 saturated carbocycles. The molecule has 0 fully saturated rings. The number of hydrogen-bond acceptors (Lipinski definition) is 1. The SMILES string of the molecule is Fc1cc(I)cnc1-c1c(Cl)c(Cl)c(Cl)c(Cl)c1Cl. The van der Waals surface area contributed by atoms with Crippen molar-refractivity contribution in [2.45, 2.75) is 0 Å². The van der Waals surface area contributed by atoms with Crippen LogP contribution in [-0.4, -0.2) is 4.98 Å². The van der Waals surface area contributed by atoms with Gasteiger partial charge in [-0.3, -0.25) is 4.98 Å². The molecule has 0 aliphatic rings. The van der Waals surface area contributed by atoms with Gasteiger partial charge in [-0.2, -0.15) is 0 Å². The van der Waals surface area contributed by atoms with Gasteiger partial charge >= 0.3 is 0 Å². The van der Waals surface area contributed by atoms with Crippen LogP contribution >= 0.6 is 80.6 Å². The van der Waals surface area contributed by atoms with Crippen LogP contribution < -0.4 is 0 Å². The van der Waals surface area contributed by atoms with Gasteiger partial charge in [0, 0.05) is 15.3 Å². The Morgan fingerprint density at radius 1 is 0.895 bits per heavy atom. The molecule has 1 nitrogen and oxygen atoms in total. The molecular formula is C11H2Cl5FIN. The molecule has 0 unspecified atom stereocenters. The zero-order valence-corrected chi connectivity index (χ0v) is 14.7. The average Bonchev–Trinajstić information content (AvgIpc) is 2.37. The first-order valence-corrected chi connectivity index (χ1v) is 7.64.